The van der Waals surface area contributed by atoms with Crippen LogP contribution >= 0.6 is 0 Å². The molecule has 1 aromatic rings. The van der Waals surface area contributed by atoms with Crippen molar-refractivity contribution in [3.63, 3.8) is 0 Å². The van der Waals surface area contributed by atoms with E-state index < -0.39 is 0 Å². The van der Waals surface area contributed by atoms with Gasteiger partial charge in [-0.2, -0.15) is 5.26 Å². The number of hydrogen-bond donors (Lipinski definition) is 0. The lowest BCUT2D eigenvalue weighted by atomic mass is 10.1. The Hall–Kier alpha value is -1.41. The monoisotopic (exact) mass is 246 g/mol. The molecule has 96 valence electrons. The fraction of sp³-hybridized carbons (Fsp3) is 0.500. The Morgan fingerprint density at radius 1 is 1.28 bits per heavy atom. The zero-order chi connectivity index (χ0) is 13.0. The Labute approximate surface area is 108 Å². The van der Waals surface area contributed by atoms with Gasteiger partial charge in [-0.15, -0.1) is 0 Å². The molecule has 4 nitrogen and oxygen atoms in total. The van der Waals surface area contributed by atoms with Crippen LogP contribution in [0.3, 0.4) is 0 Å². The lowest BCUT2D eigenvalue weighted by molar-refractivity contribution is -0.00461. The zero-order valence-corrected chi connectivity index (χ0v) is 10.8. The number of ether oxygens (including phenoxy) is 2. The SMILES string of the molecule is COC1CN(Cc2cccc(C#N)c2)CC1OC. The Kier molecular flexibility index (Phi) is 4.32. The minimum absolute atomic E-state index is 0.133. The first kappa shape index (κ1) is 13.0. The summed E-state index contributed by atoms with van der Waals surface area (Å²) in [4.78, 5) is 2.29. The Morgan fingerprint density at radius 3 is 2.50 bits per heavy atom. The molecule has 0 amide bonds. The Morgan fingerprint density at radius 2 is 1.94 bits per heavy atom. The van der Waals surface area contributed by atoms with Gasteiger partial charge in [-0.1, -0.05) is 12.1 Å². The van der Waals surface area contributed by atoms with Gasteiger partial charge in [0.15, 0.2) is 0 Å². The fourth-order valence-electron chi connectivity index (χ4n) is 2.40. The zero-order valence-electron chi connectivity index (χ0n) is 10.8. The van der Waals surface area contributed by atoms with Crippen molar-refractivity contribution >= 4 is 0 Å². The summed E-state index contributed by atoms with van der Waals surface area (Å²) in [5.41, 5.74) is 1.86. The predicted molar refractivity (Wildman–Crippen MR) is 68.0 cm³/mol. The van der Waals surface area contributed by atoms with Crippen molar-refractivity contribution in [2.75, 3.05) is 27.3 Å². The molecule has 0 radical (unpaired) electrons. The highest BCUT2D eigenvalue weighted by Gasteiger charge is 2.32. The van der Waals surface area contributed by atoms with E-state index >= 15 is 0 Å². The van der Waals surface area contributed by atoms with E-state index in [2.05, 4.69) is 11.0 Å². The molecule has 4 heteroatoms. The second-order valence-corrected chi connectivity index (χ2v) is 4.55. The second kappa shape index (κ2) is 5.96. The number of methoxy groups -OCH3 is 2. The van der Waals surface area contributed by atoms with Crippen LogP contribution in [0.25, 0.3) is 0 Å². The molecule has 1 fully saturated rings. The maximum Gasteiger partial charge on any atom is 0.0991 e. The summed E-state index contributed by atoms with van der Waals surface area (Å²) >= 11 is 0. The Balaban J connectivity index is 2.00. The van der Waals surface area contributed by atoms with Crippen LogP contribution in [0.15, 0.2) is 24.3 Å². The van der Waals surface area contributed by atoms with E-state index in [0.29, 0.717) is 5.56 Å². The first-order chi connectivity index (χ1) is 8.76. The van der Waals surface area contributed by atoms with Crippen LogP contribution in [0, 0.1) is 11.3 Å². The number of nitriles is 1. The highest BCUT2D eigenvalue weighted by atomic mass is 16.5. The van der Waals surface area contributed by atoms with Gasteiger partial charge in [-0.05, 0) is 17.7 Å². The minimum atomic E-state index is 0.133. The molecule has 18 heavy (non-hydrogen) atoms. The first-order valence-corrected chi connectivity index (χ1v) is 6.03. The third-order valence-corrected chi connectivity index (χ3v) is 3.36. The fourth-order valence-corrected chi connectivity index (χ4v) is 2.40. The van der Waals surface area contributed by atoms with E-state index in [-0.39, 0.29) is 12.2 Å². The summed E-state index contributed by atoms with van der Waals surface area (Å²) in [6.07, 6.45) is 0.267. The van der Waals surface area contributed by atoms with Crippen LogP contribution < -0.4 is 0 Å². The molecular weight excluding hydrogens is 228 g/mol. The van der Waals surface area contributed by atoms with Gasteiger partial charge >= 0.3 is 0 Å². The van der Waals surface area contributed by atoms with Gasteiger partial charge in [0, 0.05) is 33.9 Å². The van der Waals surface area contributed by atoms with Gasteiger partial charge in [0.1, 0.15) is 0 Å². The average molecular weight is 246 g/mol. The molecule has 0 spiro atoms. The molecule has 1 aliphatic rings. The highest BCUT2D eigenvalue weighted by Crippen LogP contribution is 2.18. The van der Waals surface area contributed by atoms with Crippen molar-refractivity contribution in [3.05, 3.63) is 35.4 Å². The normalized spacial score (nSPS) is 24.1. The quantitative estimate of drug-likeness (QED) is 0.805. The molecule has 2 unspecified atom stereocenters. The number of rotatable bonds is 4. The molecule has 1 saturated heterocycles. The number of nitrogens with zero attached hydrogens (tertiary/aromatic N) is 2. The van der Waals surface area contributed by atoms with E-state index in [1.807, 2.05) is 24.3 Å². The van der Waals surface area contributed by atoms with Crippen LogP contribution in [0.4, 0.5) is 0 Å². The van der Waals surface area contributed by atoms with Crippen LogP contribution in [-0.2, 0) is 16.0 Å². The van der Waals surface area contributed by atoms with Crippen molar-refractivity contribution in [1.82, 2.24) is 4.90 Å². The molecule has 0 aromatic heterocycles. The van der Waals surface area contributed by atoms with Crippen molar-refractivity contribution in [1.29, 1.82) is 5.26 Å². The molecule has 2 rings (SSSR count). The van der Waals surface area contributed by atoms with Crippen LogP contribution in [0.5, 0.6) is 0 Å². The molecule has 0 aliphatic carbocycles. The van der Waals surface area contributed by atoms with E-state index in [4.69, 9.17) is 14.7 Å². The molecule has 1 heterocycles. The number of hydrogen-bond acceptors (Lipinski definition) is 4. The van der Waals surface area contributed by atoms with Gasteiger partial charge in [0.25, 0.3) is 0 Å². The number of benzene rings is 1. The van der Waals surface area contributed by atoms with Gasteiger partial charge in [-0.3, -0.25) is 4.90 Å². The van der Waals surface area contributed by atoms with E-state index in [9.17, 15) is 0 Å². The van der Waals surface area contributed by atoms with E-state index in [1.54, 1.807) is 14.2 Å². The van der Waals surface area contributed by atoms with Gasteiger partial charge in [0.05, 0.1) is 23.8 Å². The smallest absolute Gasteiger partial charge is 0.0991 e. The first-order valence-electron chi connectivity index (χ1n) is 6.03. The summed E-state index contributed by atoms with van der Waals surface area (Å²) in [6, 6.07) is 9.89. The molecule has 1 aromatic carbocycles. The Bertz CT molecular complexity index is 430. The van der Waals surface area contributed by atoms with Crippen molar-refractivity contribution in [2.24, 2.45) is 0 Å². The van der Waals surface area contributed by atoms with Gasteiger partial charge < -0.3 is 9.47 Å². The maximum absolute atomic E-state index is 8.88. The average Bonchev–Trinajstić information content (AvgIpc) is 2.81. The second-order valence-electron chi connectivity index (χ2n) is 4.55. The minimum Gasteiger partial charge on any atom is -0.377 e. The van der Waals surface area contributed by atoms with E-state index in [1.165, 1.54) is 0 Å². The van der Waals surface area contributed by atoms with Gasteiger partial charge in [-0.25, -0.2) is 0 Å². The van der Waals surface area contributed by atoms with Crippen molar-refractivity contribution in [3.8, 4) is 6.07 Å². The molecular formula is C14H18N2O2. The van der Waals surface area contributed by atoms with Crippen LogP contribution in [-0.4, -0.2) is 44.4 Å². The van der Waals surface area contributed by atoms with E-state index in [0.717, 1.165) is 25.2 Å². The lowest BCUT2D eigenvalue weighted by Crippen LogP contribution is -2.27. The highest BCUT2D eigenvalue weighted by molar-refractivity contribution is 5.32. The largest absolute Gasteiger partial charge is 0.377 e. The summed E-state index contributed by atoms with van der Waals surface area (Å²) in [7, 11) is 3.44. The topological polar surface area (TPSA) is 45.5 Å². The standard InChI is InChI=1S/C14H18N2O2/c1-17-13-9-16(10-14(13)18-2)8-12-5-3-4-11(6-12)7-15/h3-6,13-14H,8-10H2,1-2H3. The van der Waals surface area contributed by atoms with Gasteiger partial charge in [0.2, 0.25) is 0 Å². The van der Waals surface area contributed by atoms with Crippen LogP contribution in [0.1, 0.15) is 11.1 Å². The molecule has 0 N–H and O–H groups in total. The summed E-state index contributed by atoms with van der Waals surface area (Å²) in [5.74, 6) is 0. The molecule has 0 bridgehead atoms. The maximum atomic E-state index is 8.88. The number of likely N-dealkylation sites (tertiary alicyclic amines) is 1. The summed E-state index contributed by atoms with van der Waals surface area (Å²) in [6.45, 7) is 2.56. The summed E-state index contributed by atoms with van der Waals surface area (Å²) in [5, 5.41) is 8.88. The van der Waals surface area contributed by atoms with Crippen molar-refractivity contribution in [2.45, 2.75) is 18.8 Å². The third kappa shape index (κ3) is 2.88. The lowest BCUT2D eigenvalue weighted by Gasteiger charge is -2.15. The third-order valence-electron chi connectivity index (χ3n) is 3.36. The predicted octanol–water partition coefficient (Wildman–Crippen LogP) is 1.40. The molecule has 1 aliphatic heterocycles. The van der Waals surface area contributed by atoms with Crippen LogP contribution in [0.2, 0.25) is 0 Å². The molecule has 0 saturated carbocycles. The van der Waals surface area contributed by atoms with Crippen molar-refractivity contribution < 1.29 is 9.47 Å². The molecule has 2 atom stereocenters. The summed E-state index contributed by atoms with van der Waals surface area (Å²) < 4.78 is 10.8.